The number of carbonyl (C=O) groups excluding carboxylic acids is 1. The first-order chi connectivity index (χ1) is 9.08. The highest BCUT2D eigenvalue weighted by Crippen LogP contribution is 2.12. The third-order valence-corrected chi connectivity index (χ3v) is 3.15. The molecule has 0 radical (unpaired) electrons. The Bertz CT molecular complexity index is 657. The molecule has 2 rings (SSSR count). The monoisotopic (exact) mass is 366 g/mol. The number of nitrogens with one attached hydrogen (secondary N) is 1. The molecular weight excluding hydrogens is 355 g/mol. The Balaban J connectivity index is 2.03. The van der Waals surface area contributed by atoms with Crippen LogP contribution in [0.5, 0.6) is 0 Å². The van der Waals surface area contributed by atoms with Gasteiger partial charge in [0.05, 0.1) is 11.3 Å². The minimum atomic E-state index is -0.172. The van der Waals surface area contributed by atoms with Crippen LogP contribution in [0.4, 0.5) is 5.69 Å². The van der Waals surface area contributed by atoms with E-state index in [1.54, 1.807) is 13.1 Å². The molecule has 2 aromatic rings. The lowest BCUT2D eigenvalue weighted by atomic mass is 10.3. The number of rotatable bonds is 3. The molecule has 0 saturated heterocycles. The van der Waals surface area contributed by atoms with Gasteiger partial charge in [0.2, 0.25) is 5.91 Å². The summed E-state index contributed by atoms with van der Waals surface area (Å²) in [7, 11) is 0. The van der Waals surface area contributed by atoms with Gasteiger partial charge in [0.1, 0.15) is 12.6 Å². The van der Waals surface area contributed by atoms with Crippen LogP contribution in [0.2, 0.25) is 0 Å². The van der Waals surface area contributed by atoms with Crippen molar-refractivity contribution in [1.29, 1.82) is 5.26 Å². The van der Waals surface area contributed by atoms with Crippen molar-refractivity contribution >= 4 is 34.2 Å². The average molecular weight is 366 g/mol. The van der Waals surface area contributed by atoms with Crippen LogP contribution in [-0.4, -0.2) is 15.7 Å². The summed E-state index contributed by atoms with van der Waals surface area (Å²) < 4.78 is 2.52. The summed E-state index contributed by atoms with van der Waals surface area (Å²) in [6, 6.07) is 9.57. The second-order valence-electron chi connectivity index (χ2n) is 4.00. The Morgan fingerprint density at radius 3 is 3.00 bits per heavy atom. The van der Waals surface area contributed by atoms with Crippen LogP contribution in [0.25, 0.3) is 0 Å². The van der Waals surface area contributed by atoms with Crippen molar-refractivity contribution in [2.24, 2.45) is 0 Å². The third kappa shape index (κ3) is 3.54. The van der Waals surface area contributed by atoms with Crippen molar-refractivity contribution in [2.75, 3.05) is 5.32 Å². The zero-order valence-electron chi connectivity index (χ0n) is 10.2. The fourth-order valence-electron chi connectivity index (χ4n) is 1.62. The molecular formula is C13H11IN4O. The molecule has 0 aliphatic carbocycles. The summed E-state index contributed by atoms with van der Waals surface area (Å²) in [5.41, 5.74) is 1.87. The van der Waals surface area contributed by atoms with E-state index in [1.165, 1.54) is 4.68 Å². The number of hydrogen-bond acceptors (Lipinski definition) is 3. The Morgan fingerprint density at radius 1 is 1.58 bits per heavy atom. The lowest BCUT2D eigenvalue weighted by Crippen LogP contribution is -2.19. The molecule has 0 bridgehead atoms. The van der Waals surface area contributed by atoms with Crippen molar-refractivity contribution < 1.29 is 4.79 Å². The second kappa shape index (κ2) is 5.84. The number of nitriles is 1. The first kappa shape index (κ1) is 13.5. The van der Waals surface area contributed by atoms with Gasteiger partial charge in [-0.2, -0.15) is 10.4 Å². The van der Waals surface area contributed by atoms with Gasteiger partial charge >= 0.3 is 0 Å². The smallest absolute Gasteiger partial charge is 0.246 e. The summed E-state index contributed by atoms with van der Waals surface area (Å²) in [5, 5.41) is 15.7. The lowest BCUT2D eigenvalue weighted by molar-refractivity contribution is -0.116. The molecule has 1 heterocycles. The van der Waals surface area contributed by atoms with Gasteiger partial charge in [-0.3, -0.25) is 9.48 Å². The minimum absolute atomic E-state index is 0.0913. The van der Waals surface area contributed by atoms with Crippen LogP contribution < -0.4 is 5.32 Å². The molecule has 0 aliphatic rings. The van der Waals surface area contributed by atoms with E-state index in [2.05, 4.69) is 33.0 Å². The maximum atomic E-state index is 11.8. The van der Waals surface area contributed by atoms with Crippen LogP contribution in [0.3, 0.4) is 0 Å². The number of halogens is 1. The number of amides is 1. The van der Waals surface area contributed by atoms with Gasteiger partial charge < -0.3 is 5.32 Å². The third-order valence-electron chi connectivity index (χ3n) is 2.48. The van der Waals surface area contributed by atoms with Crippen LogP contribution in [0, 0.1) is 21.8 Å². The molecule has 6 heteroatoms. The largest absolute Gasteiger partial charge is 0.324 e. The van der Waals surface area contributed by atoms with Crippen molar-refractivity contribution in [3.8, 4) is 6.07 Å². The Labute approximate surface area is 124 Å². The zero-order chi connectivity index (χ0) is 13.8. The van der Waals surface area contributed by atoms with Crippen molar-refractivity contribution in [2.45, 2.75) is 13.5 Å². The summed E-state index contributed by atoms with van der Waals surface area (Å²) >= 11 is 2.18. The minimum Gasteiger partial charge on any atom is -0.324 e. The number of aryl methyl sites for hydroxylation is 1. The van der Waals surface area contributed by atoms with E-state index in [-0.39, 0.29) is 12.5 Å². The van der Waals surface area contributed by atoms with E-state index in [4.69, 9.17) is 5.26 Å². The number of anilines is 1. The molecule has 0 fully saturated rings. The summed E-state index contributed by atoms with van der Waals surface area (Å²) in [5.74, 6) is -0.172. The SMILES string of the molecule is Cc1nn(CC(=O)Nc2cccc(I)c2)cc1C#N. The Morgan fingerprint density at radius 2 is 2.37 bits per heavy atom. The zero-order valence-corrected chi connectivity index (χ0v) is 12.4. The fourth-order valence-corrected chi connectivity index (χ4v) is 2.17. The predicted molar refractivity (Wildman–Crippen MR) is 79.5 cm³/mol. The molecule has 96 valence electrons. The standard InChI is InChI=1S/C13H11IN4O/c1-9-10(6-15)7-18(17-9)8-13(19)16-12-4-2-3-11(14)5-12/h2-5,7H,8H2,1H3,(H,16,19). The van der Waals surface area contributed by atoms with Crippen molar-refractivity contribution in [3.05, 3.63) is 45.3 Å². The van der Waals surface area contributed by atoms with Gasteiger partial charge in [-0.15, -0.1) is 0 Å². The van der Waals surface area contributed by atoms with Crippen LogP contribution in [0.15, 0.2) is 30.5 Å². The van der Waals surface area contributed by atoms with Crippen LogP contribution in [0.1, 0.15) is 11.3 Å². The van der Waals surface area contributed by atoms with Gasteiger partial charge in [-0.05, 0) is 47.7 Å². The number of hydrogen-bond donors (Lipinski definition) is 1. The van der Waals surface area contributed by atoms with Crippen LogP contribution >= 0.6 is 22.6 Å². The number of carbonyl (C=O) groups is 1. The Hall–Kier alpha value is -1.88. The predicted octanol–water partition coefficient (Wildman–Crippen LogP) is 2.31. The van der Waals surface area contributed by atoms with Crippen LogP contribution in [-0.2, 0) is 11.3 Å². The highest BCUT2D eigenvalue weighted by Gasteiger charge is 2.08. The maximum Gasteiger partial charge on any atom is 0.246 e. The van der Waals surface area contributed by atoms with E-state index in [0.29, 0.717) is 11.3 Å². The molecule has 1 N–H and O–H groups in total. The molecule has 0 saturated carbocycles. The first-order valence-corrected chi connectivity index (χ1v) is 6.66. The highest BCUT2D eigenvalue weighted by molar-refractivity contribution is 14.1. The number of aromatic nitrogens is 2. The molecule has 0 aliphatic heterocycles. The van der Waals surface area contributed by atoms with E-state index in [9.17, 15) is 4.79 Å². The quantitative estimate of drug-likeness (QED) is 0.848. The molecule has 5 nitrogen and oxygen atoms in total. The van der Waals surface area contributed by atoms with E-state index in [1.807, 2.05) is 30.3 Å². The number of benzene rings is 1. The fraction of sp³-hybridized carbons (Fsp3) is 0.154. The average Bonchev–Trinajstić information content (AvgIpc) is 2.69. The normalized spacial score (nSPS) is 9.95. The summed E-state index contributed by atoms with van der Waals surface area (Å²) in [6.07, 6.45) is 1.57. The molecule has 1 aromatic heterocycles. The molecule has 19 heavy (non-hydrogen) atoms. The van der Waals surface area contributed by atoms with Gasteiger partial charge in [0.25, 0.3) is 0 Å². The van der Waals surface area contributed by atoms with Gasteiger partial charge in [-0.25, -0.2) is 0 Å². The molecule has 1 amide bonds. The molecule has 0 atom stereocenters. The van der Waals surface area contributed by atoms with E-state index >= 15 is 0 Å². The van der Waals surface area contributed by atoms with Gasteiger partial charge in [-0.1, -0.05) is 6.07 Å². The second-order valence-corrected chi connectivity index (χ2v) is 5.24. The highest BCUT2D eigenvalue weighted by atomic mass is 127. The van der Waals surface area contributed by atoms with E-state index in [0.717, 1.165) is 9.26 Å². The van der Waals surface area contributed by atoms with Gasteiger partial charge in [0, 0.05) is 15.5 Å². The maximum absolute atomic E-state index is 11.8. The molecule has 0 unspecified atom stereocenters. The van der Waals surface area contributed by atoms with Gasteiger partial charge in [0.15, 0.2) is 0 Å². The lowest BCUT2D eigenvalue weighted by Gasteiger charge is -2.05. The molecule has 0 spiro atoms. The topological polar surface area (TPSA) is 70.7 Å². The number of nitrogens with zero attached hydrogens (tertiary/aromatic N) is 3. The van der Waals surface area contributed by atoms with Crippen molar-refractivity contribution in [1.82, 2.24) is 9.78 Å². The summed E-state index contributed by atoms with van der Waals surface area (Å²) in [4.78, 5) is 11.8. The Kier molecular flexibility index (Phi) is 4.16. The summed E-state index contributed by atoms with van der Waals surface area (Å²) in [6.45, 7) is 1.83. The van der Waals surface area contributed by atoms with Crippen molar-refractivity contribution in [3.63, 3.8) is 0 Å². The van der Waals surface area contributed by atoms with E-state index < -0.39 is 0 Å². The first-order valence-electron chi connectivity index (χ1n) is 5.58. The molecule has 1 aromatic carbocycles.